The van der Waals surface area contributed by atoms with E-state index in [0.29, 0.717) is 16.3 Å². The predicted molar refractivity (Wildman–Crippen MR) is 72.8 cm³/mol. The van der Waals surface area contributed by atoms with Crippen LogP contribution in [-0.4, -0.2) is 18.7 Å². The normalized spacial score (nSPS) is 11.9. The number of esters is 1. The summed E-state index contributed by atoms with van der Waals surface area (Å²) in [5.41, 5.74) is 0.630. The smallest absolute Gasteiger partial charge is 0.347 e. The topological polar surface area (TPSA) is 59.3 Å². The lowest BCUT2D eigenvalue weighted by molar-refractivity contribution is -0.150. The number of nitrogens with zero attached hydrogens (tertiary/aromatic N) is 1. The van der Waals surface area contributed by atoms with Crippen molar-refractivity contribution in [2.45, 2.75) is 20.0 Å². The number of rotatable bonds is 5. The Morgan fingerprint density at radius 2 is 2.32 bits per heavy atom. The molecule has 0 aromatic heterocycles. The molecule has 4 nitrogen and oxygen atoms in total. The zero-order valence-corrected chi connectivity index (χ0v) is 11.5. The van der Waals surface area contributed by atoms with Crippen molar-refractivity contribution in [2.24, 2.45) is 0 Å². The number of carbonyl (C=O) groups excluding carboxylic acids is 1. The van der Waals surface area contributed by atoms with E-state index in [1.165, 1.54) is 6.08 Å². The largest absolute Gasteiger partial charge is 0.477 e. The number of para-hydroxylation sites is 1. The molecule has 0 bridgehead atoms. The zero-order valence-electron chi connectivity index (χ0n) is 10.7. The summed E-state index contributed by atoms with van der Waals surface area (Å²) in [6.45, 7) is 3.59. The molecule has 1 atom stereocenters. The van der Waals surface area contributed by atoms with E-state index in [1.807, 2.05) is 6.07 Å². The quantitative estimate of drug-likeness (QED) is 0.613. The Labute approximate surface area is 117 Å². The van der Waals surface area contributed by atoms with Crippen LogP contribution in [0, 0.1) is 11.3 Å². The number of halogens is 1. The van der Waals surface area contributed by atoms with Gasteiger partial charge >= 0.3 is 5.97 Å². The Bertz CT molecular complexity index is 520. The van der Waals surface area contributed by atoms with E-state index in [4.69, 9.17) is 26.3 Å². The molecule has 0 aliphatic rings. The van der Waals surface area contributed by atoms with Gasteiger partial charge in [0, 0.05) is 11.6 Å². The van der Waals surface area contributed by atoms with Crippen LogP contribution in [0.25, 0.3) is 6.08 Å². The Hall–Kier alpha value is -1.99. The molecule has 0 aliphatic carbocycles. The van der Waals surface area contributed by atoms with Crippen LogP contribution in [0.2, 0.25) is 5.02 Å². The van der Waals surface area contributed by atoms with E-state index < -0.39 is 12.1 Å². The predicted octanol–water partition coefficient (Wildman–Crippen LogP) is 3.21. The highest BCUT2D eigenvalue weighted by atomic mass is 35.5. The van der Waals surface area contributed by atoms with Crippen LogP contribution in [-0.2, 0) is 9.53 Å². The van der Waals surface area contributed by atoms with E-state index in [9.17, 15) is 4.79 Å². The molecule has 1 aromatic rings. The van der Waals surface area contributed by atoms with Crippen molar-refractivity contribution in [1.29, 1.82) is 5.26 Å². The first-order chi connectivity index (χ1) is 9.10. The van der Waals surface area contributed by atoms with Gasteiger partial charge in [0.2, 0.25) is 0 Å². The minimum atomic E-state index is -0.769. The van der Waals surface area contributed by atoms with Crippen molar-refractivity contribution in [3.05, 3.63) is 34.9 Å². The monoisotopic (exact) mass is 279 g/mol. The lowest BCUT2D eigenvalue weighted by atomic mass is 10.2. The van der Waals surface area contributed by atoms with Gasteiger partial charge in [0.1, 0.15) is 5.75 Å². The van der Waals surface area contributed by atoms with E-state index in [0.717, 1.165) is 0 Å². The molecule has 0 aliphatic heterocycles. The summed E-state index contributed by atoms with van der Waals surface area (Å²) < 4.78 is 10.4. The molecule has 1 aromatic carbocycles. The second-order valence-electron chi connectivity index (χ2n) is 3.63. The molecule has 0 heterocycles. The molecule has 0 amide bonds. The second-order valence-corrected chi connectivity index (χ2v) is 4.04. The molecule has 1 rings (SSSR count). The lowest BCUT2D eigenvalue weighted by Crippen LogP contribution is -2.26. The fourth-order valence-electron chi connectivity index (χ4n) is 1.39. The summed E-state index contributed by atoms with van der Waals surface area (Å²) in [6, 6.07) is 7.02. The van der Waals surface area contributed by atoms with Crippen molar-refractivity contribution >= 4 is 23.6 Å². The van der Waals surface area contributed by atoms with Gasteiger partial charge in [-0.2, -0.15) is 5.26 Å². The SMILES string of the molecule is CCOC(=O)[C@@H](C)Oc1c(Cl)cccc1/C=C/C#N. The summed E-state index contributed by atoms with van der Waals surface area (Å²) in [6.07, 6.45) is 2.11. The van der Waals surface area contributed by atoms with Crippen molar-refractivity contribution < 1.29 is 14.3 Å². The van der Waals surface area contributed by atoms with Gasteiger partial charge in [0.25, 0.3) is 0 Å². The first-order valence-electron chi connectivity index (χ1n) is 5.78. The molecule has 0 spiro atoms. The summed E-state index contributed by atoms with van der Waals surface area (Å²) in [5, 5.41) is 8.91. The minimum absolute atomic E-state index is 0.288. The van der Waals surface area contributed by atoms with Crippen molar-refractivity contribution in [3.63, 3.8) is 0 Å². The maximum Gasteiger partial charge on any atom is 0.347 e. The van der Waals surface area contributed by atoms with Gasteiger partial charge in [-0.15, -0.1) is 0 Å². The molecular formula is C14H14ClNO3. The molecular weight excluding hydrogens is 266 g/mol. The van der Waals surface area contributed by atoms with Crippen molar-refractivity contribution in [1.82, 2.24) is 0 Å². The van der Waals surface area contributed by atoms with Gasteiger partial charge in [-0.3, -0.25) is 0 Å². The van der Waals surface area contributed by atoms with Crippen LogP contribution in [0.5, 0.6) is 5.75 Å². The number of hydrogen-bond donors (Lipinski definition) is 0. The Morgan fingerprint density at radius 1 is 1.58 bits per heavy atom. The standard InChI is InChI=1S/C14H14ClNO3/c1-3-18-14(17)10(2)19-13-11(7-5-9-16)6-4-8-12(13)15/h4-8,10H,3H2,1-2H3/b7-5+/t10-/m1/s1. The van der Waals surface area contributed by atoms with Gasteiger partial charge in [0.05, 0.1) is 17.7 Å². The highest BCUT2D eigenvalue weighted by Crippen LogP contribution is 2.30. The summed E-state index contributed by atoms with van der Waals surface area (Å²) in [5.74, 6) is -0.103. The summed E-state index contributed by atoms with van der Waals surface area (Å²) >= 11 is 6.04. The van der Waals surface area contributed by atoms with E-state index in [1.54, 1.807) is 38.1 Å². The number of hydrogen-bond acceptors (Lipinski definition) is 4. The summed E-state index contributed by atoms with van der Waals surface area (Å²) in [4.78, 5) is 11.5. The highest BCUT2D eigenvalue weighted by Gasteiger charge is 2.18. The number of ether oxygens (including phenoxy) is 2. The molecule has 0 unspecified atom stereocenters. The molecule has 100 valence electrons. The molecule has 0 fully saturated rings. The Balaban J connectivity index is 2.96. The average Bonchev–Trinajstić information content (AvgIpc) is 2.39. The van der Waals surface area contributed by atoms with Crippen LogP contribution >= 0.6 is 11.6 Å². The molecule has 0 radical (unpaired) electrons. The van der Waals surface area contributed by atoms with E-state index >= 15 is 0 Å². The zero-order chi connectivity index (χ0) is 14.3. The maximum absolute atomic E-state index is 11.5. The summed E-state index contributed by atoms with van der Waals surface area (Å²) in [7, 11) is 0. The Morgan fingerprint density at radius 3 is 2.95 bits per heavy atom. The third kappa shape index (κ3) is 4.31. The number of carbonyl (C=O) groups is 1. The number of nitriles is 1. The number of allylic oxidation sites excluding steroid dienone is 1. The lowest BCUT2D eigenvalue weighted by Gasteiger charge is -2.16. The van der Waals surface area contributed by atoms with Gasteiger partial charge < -0.3 is 9.47 Å². The molecule has 0 N–H and O–H groups in total. The van der Waals surface area contributed by atoms with Crippen LogP contribution < -0.4 is 4.74 Å². The van der Waals surface area contributed by atoms with Gasteiger partial charge in [-0.25, -0.2) is 4.79 Å². The second kappa shape index (κ2) is 7.45. The van der Waals surface area contributed by atoms with Crippen LogP contribution in [0.4, 0.5) is 0 Å². The van der Waals surface area contributed by atoms with E-state index in [2.05, 4.69) is 0 Å². The first-order valence-corrected chi connectivity index (χ1v) is 6.16. The number of benzene rings is 1. The fourth-order valence-corrected chi connectivity index (χ4v) is 1.62. The van der Waals surface area contributed by atoms with E-state index in [-0.39, 0.29) is 6.61 Å². The first kappa shape index (κ1) is 15.1. The molecule has 19 heavy (non-hydrogen) atoms. The third-order valence-electron chi connectivity index (χ3n) is 2.25. The highest BCUT2D eigenvalue weighted by molar-refractivity contribution is 6.32. The van der Waals surface area contributed by atoms with Crippen molar-refractivity contribution in [3.8, 4) is 11.8 Å². The third-order valence-corrected chi connectivity index (χ3v) is 2.55. The average molecular weight is 280 g/mol. The Kier molecular flexibility index (Phi) is 5.91. The van der Waals surface area contributed by atoms with Crippen LogP contribution in [0.3, 0.4) is 0 Å². The molecule has 0 saturated heterocycles. The maximum atomic E-state index is 11.5. The van der Waals surface area contributed by atoms with Gasteiger partial charge in [-0.1, -0.05) is 23.7 Å². The van der Waals surface area contributed by atoms with Crippen molar-refractivity contribution in [2.75, 3.05) is 6.61 Å². The molecule has 5 heteroatoms. The van der Waals surface area contributed by atoms with Gasteiger partial charge in [0.15, 0.2) is 6.10 Å². The molecule has 0 saturated carbocycles. The fraction of sp³-hybridized carbons (Fsp3) is 0.286. The van der Waals surface area contributed by atoms with Crippen LogP contribution in [0.1, 0.15) is 19.4 Å². The minimum Gasteiger partial charge on any atom is -0.477 e. The van der Waals surface area contributed by atoms with Gasteiger partial charge in [-0.05, 0) is 26.0 Å². The van der Waals surface area contributed by atoms with Crippen LogP contribution in [0.15, 0.2) is 24.3 Å².